The molecule has 2 aromatic rings. The molecule has 1 atom stereocenters. The number of esters is 1. The molecule has 140 valence electrons. The lowest BCUT2D eigenvalue weighted by molar-refractivity contribution is -0.148. The Morgan fingerprint density at radius 3 is 2.31 bits per heavy atom. The normalized spacial score (nSPS) is 11.8. The summed E-state index contributed by atoms with van der Waals surface area (Å²) in [4.78, 5) is 11.9. The van der Waals surface area contributed by atoms with Crippen LogP contribution in [0.15, 0.2) is 54.6 Å². The summed E-state index contributed by atoms with van der Waals surface area (Å²) in [6, 6.07) is 17.8. The highest BCUT2D eigenvalue weighted by atomic mass is 16.5. The summed E-state index contributed by atoms with van der Waals surface area (Å²) in [7, 11) is 0. The molecule has 0 aliphatic heterocycles. The van der Waals surface area contributed by atoms with Crippen LogP contribution in [0.4, 0.5) is 0 Å². The Morgan fingerprint density at radius 1 is 0.923 bits per heavy atom. The molecule has 0 aliphatic carbocycles. The van der Waals surface area contributed by atoms with Gasteiger partial charge in [0.25, 0.3) is 0 Å². The fourth-order valence-corrected chi connectivity index (χ4v) is 2.77. The molecule has 0 radical (unpaired) electrons. The lowest BCUT2D eigenvalue weighted by Crippen LogP contribution is -2.08. The van der Waals surface area contributed by atoms with Gasteiger partial charge in [0.05, 0.1) is 0 Å². The highest BCUT2D eigenvalue weighted by Gasteiger charge is 2.11. The van der Waals surface area contributed by atoms with E-state index in [1.165, 1.54) is 19.3 Å². The van der Waals surface area contributed by atoms with Gasteiger partial charge in [-0.15, -0.1) is 0 Å². The van der Waals surface area contributed by atoms with Crippen LogP contribution in [0, 0.1) is 0 Å². The number of unbranched alkanes of at least 4 members (excludes halogenated alkanes) is 4. The van der Waals surface area contributed by atoms with Crippen LogP contribution >= 0.6 is 0 Å². The maximum absolute atomic E-state index is 11.9. The van der Waals surface area contributed by atoms with Crippen LogP contribution in [-0.4, -0.2) is 5.97 Å². The molecule has 0 amide bonds. The van der Waals surface area contributed by atoms with Gasteiger partial charge in [0.2, 0.25) is 0 Å². The van der Waals surface area contributed by atoms with Crippen molar-refractivity contribution in [2.45, 2.75) is 65.1 Å². The van der Waals surface area contributed by atoms with Crippen molar-refractivity contribution in [1.29, 1.82) is 0 Å². The van der Waals surface area contributed by atoms with Gasteiger partial charge in [-0.1, -0.05) is 75.1 Å². The summed E-state index contributed by atoms with van der Waals surface area (Å²) in [5.41, 5.74) is 2.12. The zero-order valence-electron chi connectivity index (χ0n) is 15.9. The third-order valence-corrected chi connectivity index (χ3v) is 4.39. The van der Waals surface area contributed by atoms with Crippen molar-refractivity contribution in [3.05, 3.63) is 65.7 Å². The summed E-state index contributed by atoms with van der Waals surface area (Å²) in [5.74, 6) is 0.699. The summed E-state index contributed by atoms with van der Waals surface area (Å²) in [6.07, 6.45) is 5.94. The van der Waals surface area contributed by atoms with Crippen molar-refractivity contribution >= 4 is 5.97 Å². The first-order valence-electron chi connectivity index (χ1n) is 9.65. The van der Waals surface area contributed by atoms with Gasteiger partial charge < -0.3 is 9.47 Å². The maximum Gasteiger partial charge on any atom is 0.306 e. The minimum Gasteiger partial charge on any atom is -0.489 e. The molecule has 0 bridgehead atoms. The van der Waals surface area contributed by atoms with Crippen LogP contribution < -0.4 is 4.74 Å². The Bertz CT molecular complexity index is 634. The fraction of sp³-hybridized carbons (Fsp3) is 0.435. The molecule has 3 heteroatoms. The standard InChI is InChI=1S/C23H30O3/c1-3-4-5-6-10-13-23(24)26-19(2)21-14-16-22(17-15-21)25-18-20-11-8-7-9-12-20/h7-9,11-12,14-17,19H,3-6,10,13,18H2,1-2H3. The van der Waals surface area contributed by atoms with Gasteiger partial charge in [0.15, 0.2) is 0 Å². The van der Waals surface area contributed by atoms with E-state index in [0.29, 0.717) is 13.0 Å². The van der Waals surface area contributed by atoms with Gasteiger partial charge in [-0.05, 0) is 36.6 Å². The van der Waals surface area contributed by atoms with E-state index in [-0.39, 0.29) is 12.1 Å². The zero-order chi connectivity index (χ0) is 18.6. The predicted octanol–water partition coefficient (Wildman–Crippen LogP) is 6.23. The number of benzene rings is 2. The summed E-state index contributed by atoms with van der Waals surface area (Å²) < 4.78 is 11.3. The molecule has 26 heavy (non-hydrogen) atoms. The quantitative estimate of drug-likeness (QED) is 0.354. The molecule has 1 unspecified atom stereocenters. The van der Waals surface area contributed by atoms with E-state index < -0.39 is 0 Å². The van der Waals surface area contributed by atoms with Crippen LogP contribution in [0.3, 0.4) is 0 Å². The number of rotatable bonds is 11. The topological polar surface area (TPSA) is 35.5 Å². The Morgan fingerprint density at radius 2 is 1.62 bits per heavy atom. The second kappa shape index (κ2) is 11.3. The molecule has 0 fully saturated rings. The fourth-order valence-electron chi connectivity index (χ4n) is 2.77. The molecule has 2 rings (SSSR count). The average molecular weight is 354 g/mol. The summed E-state index contributed by atoms with van der Waals surface area (Å²) in [5, 5.41) is 0. The number of hydrogen-bond donors (Lipinski definition) is 0. The molecule has 3 nitrogen and oxygen atoms in total. The van der Waals surface area contributed by atoms with Crippen molar-refractivity contribution in [1.82, 2.24) is 0 Å². The Hall–Kier alpha value is -2.29. The van der Waals surface area contributed by atoms with Crippen LogP contribution in [0.1, 0.15) is 69.6 Å². The van der Waals surface area contributed by atoms with Crippen LogP contribution in [0.2, 0.25) is 0 Å². The van der Waals surface area contributed by atoms with E-state index in [1.54, 1.807) is 0 Å². The van der Waals surface area contributed by atoms with E-state index in [4.69, 9.17) is 9.47 Å². The molecule has 0 aromatic heterocycles. The van der Waals surface area contributed by atoms with Crippen molar-refractivity contribution in [3.63, 3.8) is 0 Å². The van der Waals surface area contributed by atoms with Crippen molar-refractivity contribution in [3.8, 4) is 5.75 Å². The van der Waals surface area contributed by atoms with E-state index in [0.717, 1.165) is 29.7 Å². The monoisotopic (exact) mass is 354 g/mol. The minimum absolute atomic E-state index is 0.113. The minimum atomic E-state index is -0.235. The predicted molar refractivity (Wildman–Crippen MR) is 105 cm³/mol. The molecule has 0 heterocycles. The first-order chi connectivity index (χ1) is 12.7. The van der Waals surface area contributed by atoms with Gasteiger partial charge in [0.1, 0.15) is 18.5 Å². The summed E-state index contributed by atoms with van der Waals surface area (Å²) in [6.45, 7) is 4.64. The number of carbonyl (C=O) groups excluding carboxylic acids is 1. The molecule has 0 aliphatic rings. The highest BCUT2D eigenvalue weighted by Crippen LogP contribution is 2.22. The Kier molecular flexibility index (Phi) is 8.74. The molecule has 0 saturated carbocycles. The average Bonchev–Trinajstić information content (AvgIpc) is 2.67. The van der Waals surface area contributed by atoms with E-state index in [9.17, 15) is 4.79 Å². The molecular formula is C23H30O3. The van der Waals surface area contributed by atoms with Crippen LogP contribution in [-0.2, 0) is 16.1 Å². The second-order valence-corrected chi connectivity index (χ2v) is 6.64. The maximum atomic E-state index is 11.9. The van der Waals surface area contributed by atoms with Gasteiger partial charge in [-0.3, -0.25) is 4.79 Å². The zero-order valence-corrected chi connectivity index (χ0v) is 15.9. The van der Waals surface area contributed by atoms with Gasteiger partial charge in [-0.25, -0.2) is 0 Å². The Balaban J connectivity index is 1.73. The second-order valence-electron chi connectivity index (χ2n) is 6.64. The van der Waals surface area contributed by atoms with E-state index >= 15 is 0 Å². The first kappa shape index (κ1) is 20.0. The van der Waals surface area contributed by atoms with Crippen molar-refractivity contribution < 1.29 is 14.3 Å². The Labute approximate surface area is 157 Å². The first-order valence-corrected chi connectivity index (χ1v) is 9.65. The largest absolute Gasteiger partial charge is 0.489 e. The van der Waals surface area contributed by atoms with Gasteiger partial charge in [-0.2, -0.15) is 0 Å². The van der Waals surface area contributed by atoms with Gasteiger partial charge >= 0.3 is 5.97 Å². The molecule has 2 aromatic carbocycles. The number of carbonyl (C=O) groups is 1. The number of hydrogen-bond acceptors (Lipinski definition) is 3. The van der Waals surface area contributed by atoms with Crippen molar-refractivity contribution in [2.24, 2.45) is 0 Å². The molecule has 0 N–H and O–H groups in total. The molecule has 0 saturated heterocycles. The van der Waals surface area contributed by atoms with Gasteiger partial charge in [0, 0.05) is 6.42 Å². The van der Waals surface area contributed by atoms with E-state index in [1.807, 2.05) is 61.5 Å². The number of ether oxygens (including phenoxy) is 2. The third-order valence-electron chi connectivity index (χ3n) is 4.39. The van der Waals surface area contributed by atoms with Crippen molar-refractivity contribution in [2.75, 3.05) is 0 Å². The lowest BCUT2D eigenvalue weighted by Gasteiger charge is -2.14. The summed E-state index contributed by atoms with van der Waals surface area (Å²) >= 11 is 0. The molecule has 0 spiro atoms. The smallest absolute Gasteiger partial charge is 0.306 e. The van der Waals surface area contributed by atoms with E-state index in [2.05, 4.69) is 6.92 Å². The SMILES string of the molecule is CCCCCCCC(=O)OC(C)c1ccc(OCc2ccccc2)cc1. The highest BCUT2D eigenvalue weighted by molar-refractivity contribution is 5.69. The van der Waals surface area contributed by atoms with Crippen LogP contribution in [0.5, 0.6) is 5.75 Å². The third kappa shape index (κ3) is 7.30. The molecular weight excluding hydrogens is 324 g/mol. The lowest BCUT2D eigenvalue weighted by atomic mass is 10.1. The van der Waals surface area contributed by atoms with Crippen LogP contribution in [0.25, 0.3) is 0 Å².